The van der Waals surface area contributed by atoms with Crippen LogP contribution in [0, 0.1) is 0 Å². The molecule has 28 heavy (non-hydrogen) atoms. The number of rotatable bonds is 8. The molecule has 1 unspecified atom stereocenters. The lowest BCUT2D eigenvalue weighted by Gasteiger charge is -2.12. The predicted molar refractivity (Wildman–Crippen MR) is 122 cm³/mol. The lowest BCUT2D eigenvalue weighted by Crippen LogP contribution is -2.37. The lowest BCUT2D eigenvalue weighted by molar-refractivity contribution is 0.0939. The van der Waals surface area contributed by atoms with E-state index < -0.39 is 0 Å². The molecule has 1 aromatic heterocycles. The molecule has 9 heteroatoms. The first-order chi connectivity index (χ1) is 13.0. The molecule has 2 aromatic rings. The van der Waals surface area contributed by atoms with Crippen LogP contribution < -0.4 is 16.0 Å². The highest BCUT2D eigenvalue weighted by atomic mass is 127. The number of carbonyl (C=O) groups excluding carboxylic acids is 1. The van der Waals surface area contributed by atoms with Crippen LogP contribution in [0.3, 0.4) is 0 Å². The van der Waals surface area contributed by atoms with Crippen molar-refractivity contribution in [1.82, 2.24) is 30.7 Å². The third-order valence-electron chi connectivity index (χ3n) is 4.16. The summed E-state index contributed by atoms with van der Waals surface area (Å²) in [7, 11) is 1.85. The zero-order valence-corrected chi connectivity index (χ0v) is 19.2. The van der Waals surface area contributed by atoms with E-state index in [1.165, 1.54) is 6.33 Å². The van der Waals surface area contributed by atoms with Crippen LogP contribution in [-0.4, -0.2) is 39.2 Å². The van der Waals surface area contributed by atoms with Gasteiger partial charge in [-0.1, -0.05) is 19.1 Å². The van der Waals surface area contributed by atoms with Crippen molar-refractivity contribution in [3.05, 3.63) is 47.5 Å². The van der Waals surface area contributed by atoms with Crippen molar-refractivity contribution in [3.8, 4) is 0 Å². The molecule has 1 atom stereocenters. The molecule has 0 saturated carbocycles. The maximum absolute atomic E-state index is 12.3. The number of aliphatic imine (C=N–C) groups is 1. The van der Waals surface area contributed by atoms with E-state index in [1.54, 1.807) is 4.68 Å². The van der Waals surface area contributed by atoms with Crippen molar-refractivity contribution in [3.63, 3.8) is 0 Å². The summed E-state index contributed by atoms with van der Waals surface area (Å²) in [4.78, 5) is 21.1. The minimum absolute atomic E-state index is 0. The van der Waals surface area contributed by atoms with Crippen molar-refractivity contribution in [2.75, 3.05) is 6.54 Å². The van der Waals surface area contributed by atoms with Crippen LogP contribution in [0.15, 0.2) is 35.6 Å². The van der Waals surface area contributed by atoms with Gasteiger partial charge < -0.3 is 16.0 Å². The Balaban J connectivity index is 0.00000392. The van der Waals surface area contributed by atoms with E-state index in [0.29, 0.717) is 24.6 Å². The highest BCUT2D eigenvalue weighted by Gasteiger charge is 2.09. The van der Waals surface area contributed by atoms with E-state index in [0.717, 1.165) is 24.4 Å². The van der Waals surface area contributed by atoms with Gasteiger partial charge in [0.05, 0.1) is 13.1 Å². The van der Waals surface area contributed by atoms with Gasteiger partial charge >= 0.3 is 0 Å². The first-order valence-corrected chi connectivity index (χ1v) is 9.28. The summed E-state index contributed by atoms with van der Waals surface area (Å²) in [6.45, 7) is 7.81. The molecule has 1 heterocycles. The van der Waals surface area contributed by atoms with Crippen molar-refractivity contribution in [2.24, 2.45) is 12.0 Å². The standard InChI is InChI=1S/C19H29N7O.HI/c1-5-14(3)25-18(27)16-9-7-8-15(10-16)11-21-19(20-6-2)22-12-17-23-13-24-26(17)4;/h7-10,13-14H,5-6,11-12H2,1-4H3,(H,25,27)(H2,20,21,22);1H. The molecule has 2 rings (SSSR count). The topological polar surface area (TPSA) is 96.2 Å². The van der Waals surface area contributed by atoms with Gasteiger partial charge in [-0.3, -0.25) is 9.48 Å². The van der Waals surface area contributed by atoms with Crippen molar-refractivity contribution >= 4 is 35.8 Å². The number of carbonyl (C=O) groups is 1. The van der Waals surface area contributed by atoms with E-state index in [4.69, 9.17) is 0 Å². The smallest absolute Gasteiger partial charge is 0.251 e. The number of hydrogen-bond donors (Lipinski definition) is 3. The summed E-state index contributed by atoms with van der Waals surface area (Å²) in [6.07, 6.45) is 2.43. The first kappa shape index (κ1) is 23.9. The third-order valence-corrected chi connectivity index (χ3v) is 4.16. The number of aryl methyl sites for hydroxylation is 1. The number of guanidine groups is 1. The summed E-state index contributed by atoms with van der Waals surface area (Å²) in [5.74, 6) is 1.46. The third kappa shape index (κ3) is 7.45. The zero-order chi connectivity index (χ0) is 19.6. The number of halogens is 1. The Morgan fingerprint density at radius 3 is 2.71 bits per heavy atom. The van der Waals surface area contributed by atoms with Crippen LogP contribution in [0.2, 0.25) is 0 Å². The molecule has 0 radical (unpaired) electrons. The SMILES string of the molecule is CCNC(=NCc1cccc(C(=O)NC(C)CC)c1)NCc1ncnn1C.I. The molecule has 0 aliphatic carbocycles. The molecule has 1 amide bonds. The van der Waals surface area contributed by atoms with Gasteiger partial charge in [0.15, 0.2) is 5.96 Å². The fourth-order valence-electron chi connectivity index (χ4n) is 2.38. The van der Waals surface area contributed by atoms with Gasteiger partial charge in [0.2, 0.25) is 0 Å². The molecule has 0 bridgehead atoms. The lowest BCUT2D eigenvalue weighted by atomic mass is 10.1. The zero-order valence-electron chi connectivity index (χ0n) is 16.9. The molecule has 0 aliphatic heterocycles. The fraction of sp³-hybridized carbons (Fsp3) is 0.474. The average molecular weight is 499 g/mol. The molecule has 1 aromatic carbocycles. The second kappa shape index (κ2) is 12.3. The first-order valence-electron chi connectivity index (χ1n) is 9.28. The quantitative estimate of drug-likeness (QED) is 0.294. The minimum atomic E-state index is -0.0532. The second-order valence-corrected chi connectivity index (χ2v) is 6.33. The molecule has 154 valence electrons. The van der Waals surface area contributed by atoms with Gasteiger partial charge in [-0.15, -0.1) is 24.0 Å². The summed E-state index contributed by atoms with van der Waals surface area (Å²) < 4.78 is 1.72. The van der Waals surface area contributed by atoms with Gasteiger partial charge in [0.1, 0.15) is 12.2 Å². The molecule has 0 fully saturated rings. The Kier molecular flexibility index (Phi) is 10.5. The normalized spacial score (nSPS) is 12.1. The van der Waals surface area contributed by atoms with Crippen molar-refractivity contribution in [1.29, 1.82) is 0 Å². The molecule has 0 aliphatic rings. The van der Waals surface area contributed by atoms with Crippen molar-refractivity contribution in [2.45, 2.75) is 46.3 Å². The van der Waals surface area contributed by atoms with E-state index >= 15 is 0 Å². The number of nitrogens with one attached hydrogen (secondary N) is 3. The number of hydrogen-bond acceptors (Lipinski definition) is 4. The van der Waals surface area contributed by atoms with E-state index in [2.05, 4.69) is 31.0 Å². The van der Waals surface area contributed by atoms with Gasteiger partial charge in [-0.05, 0) is 38.0 Å². The van der Waals surface area contributed by atoms with Crippen LogP contribution in [0.25, 0.3) is 0 Å². The molecule has 0 saturated heterocycles. The van der Waals surface area contributed by atoms with E-state index in [-0.39, 0.29) is 35.9 Å². The largest absolute Gasteiger partial charge is 0.357 e. The number of aromatic nitrogens is 3. The fourth-order valence-corrected chi connectivity index (χ4v) is 2.38. The Morgan fingerprint density at radius 1 is 1.29 bits per heavy atom. The number of nitrogens with zero attached hydrogens (tertiary/aromatic N) is 4. The van der Waals surface area contributed by atoms with E-state index in [1.807, 2.05) is 52.1 Å². The summed E-state index contributed by atoms with van der Waals surface area (Å²) in [5.41, 5.74) is 1.63. The van der Waals surface area contributed by atoms with Crippen LogP contribution >= 0.6 is 24.0 Å². The number of amides is 1. The predicted octanol–water partition coefficient (Wildman–Crippen LogP) is 2.22. The van der Waals surface area contributed by atoms with Gasteiger partial charge in [0.25, 0.3) is 5.91 Å². The molecule has 0 spiro atoms. The Hall–Kier alpha value is -2.17. The van der Waals surface area contributed by atoms with Gasteiger partial charge in [0, 0.05) is 25.2 Å². The highest BCUT2D eigenvalue weighted by Crippen LogP contribution is 2.07. The molecule has 8 nitrogen and oxygen atoms in total. The van der Waals surface area contributed by atoms with Crippen LogP contribution in [-0.2, 0) is 20.1 Å². The monoisotopic (exact) mass is 499 g/mol. The maximum atomic E-state index is 12.3. The molecule has 3 N–H and O–H groups in total. The summed E-state index contributed by atoms with van der Waals surface area (Å²) in [6, 6.07) is 7.71. The summed E-state index contributed by atoms with van der Waals surface area (Å²) in [5, 5.41) is 13.5. The maximum Gasteiger partial charge on any atom is 0.251 e. The van der Waals surface area contributed by atoms with E-state index in [9.17, 15) is 4.79 Å². The minimum Gasteiger partial charge on any atom is -0.357 e. The highest BCUT2D eigenvalue weighted by molar-refractivity contribution is 14.0. The molecular weight excluding hydrogens is 469 g/mol. The Morgan fingerprint density at radius 2 is 2.07 bits per heavy atom. The summed E-state index contributed by atoms with van der Waals surface area (Å²) >= 11 is 0. The second-order valence-electron chi connectivity index (χ2n) is 6.33. The number of benzene rings is 1. The van der Waals surface area contributed by atoms with Gasteiger partial charge in [-0.25, -0.2) is 9.98 Å². The van der Waals surface area contributed by atoms with Crippen LogP contribution in [0.5, 0.6) is 0 Å². The van der Waals surface area contributed by atoms with Gasteiger partial charge in [-0.2, -0.15) is 5.10 Å². The van der Waals surface area contributed by atoms with Crippen LogP contribution in [0.4, 0.5) is 0 Å². The Bertz CT molecular complexity index is 775. The van der Waals surface area contributed by atoms with Crippen LogP contribution in [0.1, 0.15) is 48.9 Å². The molecular formula is C19H30IN7O. The van der Waals surface area contributed by atoms with Crippen molar-refractivity contribution < 1.29 is 4.79 Å². The Labute approximate surface area is 183 Å². The average Bonchev–Trinajstić information content (AvgIpc) is 3.09.